The number of non-ortho nitro benzene ring substituents is 1. The lowest BCUT2D eigenvalue weighted by atomic mass is 9.95. The molecule has 0 fully saturated rings. The summed E-state index contributed by atoms with van der Waals surface area (Å²) in [5.41, 5.74) is 1.62. The highest BCUT2D eigenvalue weighted by atomic mass is 35.5. The molecule has 37 heavy (non-hydrogen) atoms. The van der Waals surface area contributed by atoms with Crippen molar-refractivity contribution >= 4 is 40.2 Å². The van der Waals surface area contributed by atoms with Crippen molar-refractivity contribution in [3.05, 3.63) is 99.3 Å². The molecule has 190 valence electrons. The number of benzene rings is 2. The minimum atomic E-state index is -0.874. The number of nitro benzene ring substituents is 1. The van der Waals surface area contributed by atoms with Gasteiger partial charge in [-0.25, -0.2) is 9.78 Å². The third kappa shape index (κ3) is 6.22. The maximum atomic E-state index is 11.9. The van der Waals surface area contributed by atoms with Crippen LogP contribution in [0.4, 0.5) is 16.3 Å². The molecule has 2 aromatic heterocycles. The molecule has 1 unspecified atom stereocenters. The minimum Gasteiger partial charge on any atom is -0.455 e. The quantitative estimate of drug-likeness (QED) is 0.117. The van der Waals surface area contributed by atoms with Crippen molar-refractivity contribution in [2.24, 2.45) is 0 Å². The van der Waals surface area contributed by atoms with E-state index in [1.807, 2.05) is 6.07 Å². The molecule has 1 atom stereocenters. The van der Waals surface area contributed by atoms with Crippen LogP contribution in [0.5, 0.6) is 5.75 Å². The lowest BCUT2D eigenvalue weighted by molar-refractivity contribution is -0.384. The van der Waals surface area contributed by atoms with E-state index in [9.17, 15) is 14.9 Å². The lowest BCUT2D eigenvalue weighted by Gasteiger charge is -2.24. The van der Waals surface area contributed by atoms with Crippen LogP contribution in [0.25, 0.3) is 10.9 Å². The van der Waals surface area contributed by atoms with Crippen LogP contribution in [-0.2, 0) is 9.47 Å². The highest BCUT2D eigenvalue weighted by Gasteiger charge is 2.24. The van der Waals surface area contributed by atoms with Gasteiger partial charge in [0.25, 0.3) is 5.69 Å². The van der Waals surface area contributed by atoms with Gasteiger partial charge in [-0.15, -0.1) is 0 Å². The van der Waals surface area contributed by atoms with Gasteiger partial charge in [-0.3, -0.25) is 15.1 Å². The normalized spacial score (nSPS) is 11.7. The third-order valence-electron chi connectivity index (χ3n) is 5.24. The van der Waals surface area contributed by atoms with Crippen molar-refractivity contribution in [1.82, 2.24) is 9.97 Å². The molecule has 0 aliphatic carbocycles. The molecule has 2 heterocycles. The van der Waals surface area contributed by atoms with Crippen LogP contribution < -0.4 is 10.1 Å². The van der Waals surface area contributed by atoms with Gasteiger partial charge in [0.1, 0.15) is 11.3 Å². The van der Waals surface area contributed by atoms with Crippen LogP contribution in [0.3, 0.4) is 0 Å². The first-order valence-corrected chi connectivity index (χ1v) is 11.7. The number of ether oxygens (including phenoxy) is 3. The van der Waals surface area contributed by atoms with Gasteiger partial charge in [0.05, 0.1) is 22.1 Å². The molecule has 10 nitrogen and oxygen atoms in total. The van der Waals surface area contributed by atoms with Crippen LogP contribution in [0, 0.1) is 10.1 Å². The van der Waals surface area contributed by atoms with Crippen LogP contribution >= 0.6 is 11.6 Å². The predicted octanol–water partition coefficient (Wildman–Crippen LogP) is 6.29. The van der Waals surface area contributed by atoms with E-state index in [-0.39, 0.29) is 11.8 Å². The smallest absolute Gasteiger partial charge is 0.455 e. The second-order valence-corrected chi connectivity index (χ2v) is 8.55. The monoisotopic (exact) mass is 522 g/mol. The van der Waals surface area contributed by atoms with E-state index < -0.39 is 23.9 Å². The average molecular weight is 523 g/mol. The Morgan fingerprint density at radius 1 is 1.08 bits per heavy atom. The Morgan fingerprint density at radius 3 is 2.51 bits per heavy atom. The highest BCUT2D eigenvalue weighted by Crippen LogP contribution is 2.40. The zero-order chi connectivity index (χ0) is 26.4. The minimum absolute atomic E-state index is 0.0490. The molecule has 4 aromatic rings. The van der Waals surface area contributed by atoms with Crippen molar-refractivity contribution in [3.63, 3.8) is 0 Å². The van der Waals surface area contributed by atoms with E-state index in [2.05, 4.69) is 15.3 Å². The molecule has 0 radical (unpaired) electrons. The van der Waals surface area contributed by atoms with E-state index in [1.165, 1.54) is 12.1 Å². The summed E-state index contributed by atoms with van der Waals surface area (Å²) in [5.74, 6) is 0.856. The number of nitrogens with zero attached hydrogens (tertiary/aromatic N) is 3. The summed E-state index contributed by atoms with van der Waals surface area (Å²) in [6, 6.07) is 16.1. The zero-order valence-electron chi connectivity index (χ0n) is 20.0. The molecule has 0 amide bonds. The Kier molecular flexibility index (Phi) is 7.99. The van der Waals surface area contributed by atoms with Crippen molar-refractivity contribution in [2.75, 3.05) is 12.1 Å². The van der Waals surface area contributed by atoms with Crippen LogP contribution in [0.15, 0.2) is 73.1 Å². The number of carbonyl (C=O) groups excluding carboxylic acids is 1. The first-order valence-electron chi connectivity index (χ1n) is 11.3. The lowest BCUT2D eigenvalue weighted by Crippen LogP contribution is -2.18. The average Bonchev–Trinajstić information content (AvgIpc) is 2.89. The van der Waals surface area contributed by atoms with Gasteiger partial charge >= 0.3 is 6.16 Å². The summed E-state index contributed by atoms with van der Waals surface area (Å²) in [4.78, 5) is 31.4. The fraction of sp³-hybridized carbons (Fsp3) is 0.192. The number of nitrogens with one attached hydrogen (secondary N) is 1. The third-order valence-corrected chi connectivity index (χ3v) is 5.55. The van der Waals surface area contributed by atoms with Gasteiger partial charge in [-0.2, -0.15) is 0 Å². The number of rotatable bonds is 9. The van der Waals surface area contributed by atoms with Gasteiger partial charge in [-0.05, 0) is 61.9 Å². The number of pyridine rings is 2. The van der Waals surface area contributed by atoms with Gasteiger partial charge in [0.2, 0.25) is 6.79 Å². The topological polar surface area (TPSA) is 126 Å². The molecular formula is C26H23ClN4O6. The molecule has 1 N–H and O–H groups in total. The number of nitro groups is 1. The summed E-state index contributed by atoms with van der Waals surface area (Å²) < 4.78 is 16.0. The Bertz CT molecular complexity index is 1400. The van der Waals surface area contributed by atoms with Gasteiger partial charge < -0.3 is 19.5 Å². The van der Waals surface area contributed by atoms with Crippen LogP contribution in [-0.4, -0.2) is 33.9 Å². The molecule has 0 aliphatic rings. The number of aromatic nitrogens is 2. The fourth-order valence-electron chi connectivity index (χ4n) is 3.65. The molecule has 0 saturated heterocycles. The number of hydrogen-bond donors (Lipinski definition) is 1. The van der Waals surface area contributed by atoms with E-state index >= 15 is 0 Å². The molecule has 0 aliphatic heterocycles. The Labute approximate surface area is 217 Å². The molecule has 2 aromatic carbocycles. The molecule has 0 spiro atoms. The Hall–Kier alpha value is -4.44. The van der Waals surface area contributed by atoms with E-state index in [0.717, 1.165) is 0 Å². The maximum Gasteiger partial charge on any atom is 0.511 e. The van der Waals surface area contributed by atoms with Crippen molar-refractivity contribution in [3.8, 4) is 5.75 Å². The van der Waals surface area contributed by atoms with E-state index in [0.29, 0.717) is 38.6 Å². The number of fused-ring (bicyclic) bond motifs is 1. The number of hydrogen-bond acceptors (Lipinski definition) is 9. The van der Waals surface area contributed by atoms with Crippen molar-refractivity contribution in [2.45, 2.75) is 26.0 Å². The van der Waals surface area contributed by atoms with Gasteiger partial charge in [0, 0.05) is 35.5 Å². The standard InChI is InChI=1S/C26H23ClN4O6/c1-16(2)37-26(32)36-15-35-25-20(14-21(27)19-6-5-13-29-24(19)25)23(30-22-7-3-4-12-28-22)17-8-10-18(11-9-17)31(33)34/h3-14,16,23H,15H2,1-2H3,(H,28,30). The highest BCUT2D eigenvalue weighted by molar-refractivity contribution is 6.35. The van der Waals surface area contributed by atoms with Gasteiger partial charge in [0.15, 0.2) is 5.75 Å². The first kappa shape index (κ1) is 25.6. The number of carbonyl (C=O) groups is 1. The van der Waals surface area contributed by atoms with E-state index in [1.54, 1.807) is 68.7 Å². The zero-order valence-corrected chi connectivity index (χ0v) is 20.7. The fourth-order valence-corrected chi connectivity index (χ4v) is 3.92. The molecule has 0 saturated carbocycles. The summed E-state index contributed by atoms with van der Waals surface area (Å²) in [7, 11) is 0. The first-order chi connectivity index (χ1) is 17.8. The summed E-state index contributed by atoms with van der Waals surface area (Å²) in [6.07, 6.45) is 2.00. The summed E-state index contributed by atoms with van der Waals surface area (Å²) in [5, 5.41) is 15.6. The molecule has 0 bridgehead atoms. The second kappa shape index (κ2) is 11.5. The number of anilines is 1. The van der Waals surface area contributed by atoms with Gasteiger partial charge in [-0.1, -0.05) is 17.7 Å². The Balaban J connectivity index is 1.80. The molecular weight excluding hydrogens is 500 g/mol. The van der Waals surface area contributed by atoms with Crippen molar-refractivity contribution in [1.29, 1.82) is 0 Å². The Morgan fingerprint density at radius 2 is 1.84 bits per heavy atom. The van der Waals surface area contributed by atoms with Crippen LogP contribution in [0.1, 0.15) is 31.0 Å². The predicted molar refractivity (Wildman–Crippen MR) is 138 cm³/mol. The largest absolute Gasteiger partial charge is 0.511 e. The van der Waals surface area contributed by atoms with E-state index in [4.69, 9.17) is 25.8 Å². The number of halogens is 1. The maximum absolute atomic E-state index is 11.9. The van der Waals surface area contributed by atoms with Crippen LogP contribution in [0.2, 0.25) is 5.02 Å². The second-order valence-electron chi connectivity index (χ2n) is 8.14. The molecule has 11 heteroatoms. The summed E-state index contributed by atoms with van der Waals surface area (Å²) in [6.45, 7) is 2.96. The van der Waals surface area contributed by atoms with Crippen molar-refractivity contribution < 1.29 is 23.9 Å². The SMILES string of the molecule is CC(C)OC(=O)OCOc1c(C(Nc2ccccn2)c2ccc([N+](=O)[O-])cc2)cc(Cl)c2cccnc12. The summed E-state index contributed by atoms with van der Waals surface area (Å²) >= 11 is 6.64. The molecule has 4 rings (SSSR count).